The Morgan fingerprint density at radius 2 is 0.525 bits per heavy atom. The SMILES string of the molecule is CCCCCCCCCCCCC/C=C/[C@@H](O)[C@H](CO[C@@H]1OC(CO)[C@@H](O[C@@H]2OC(CO)[C@H](O)[C@H](O[C@@H]3OC(CO)[C@@H](O[C@@H]4OC(CO)[C@H](O)[C@H](O[C@@H]5OC(CO)[C@@H](O[C@@H]6OC(CO)[C@H](O)[C@H](O[C@@H]7OC(CO)[C@@H](O[C@@H]8OC(CO)[C@H](O)[C@H](O)C8O)[C@H](O)C7NC(C)=O)C6O)[C@H](O)C5NC(C)=O)C4O)[C@H](O)C3NC(C)=O)C2O)[C@H](O)C1O)NC(=O)CCCCCCCCCCCCCCCCCCCCC. The lowest BCUT2D eigenvalue weighted by atomic mass is 9.93. The fourth-order valence-electron chi connectivity index (χ4n) is 19.2. The summed E-state index contributed by atoms with van der Waals surface area (Å²) in [6.45, 7) is -1.56. The van der Waals surface area contributed by atoms with Gasteiger partial charge in [0.15, 0.2) is 50.3 Å². The molecule has 42 atom stereocenters. The molecule has 4 amide bonds. The zero-order valence-corrected chi connectivity index (χ0v) is 81.8. The first kappa shape index (κ1) is 122. The number of hydrogen-bond acceptors (Lipinski definition) is 43. The van der Waals surface area contributed by atoms with E-state index in [-0.39, 0.29) is 12.3 Å². The Labute approximate surface area is 823 Å². The molecule has 0 aromatic rings. The average Bonchev–Trinajstić information content (AvgIpc) is 0.764. The van der Waals surface area contributed by atoms with E-state index in [1.54, 1.807) is 6.08 Å². The lowest BCUT2D eigenvalue weighted by Crippen LogP contribution is -2.71. The fraction of sp³-hybridized carbons (Fsp3) is 0.936. The van der Waals surface area contributed by atoms with Crippen LogP contribution in [0.25, 0.3) is 0 Å². The summed E-state index contributed by atoms with van der Waals surface area (Å²) in [7, 11) is 0. The molecule has 47 nitrogen and oxygen atoms in total. The summed E-state index contributed by atoms with van der Waals surface area (Å²) in [6, 6.07) is -6.74. The molecule has 8 aliphatic rings. The number of carbonyl (C=O) groups is 4. The molecule has 27 N–H and O–H groups in total. The predicted molar refractivity (Wildman–Crippen MR) is 489 cm³/mol. The maximum absolute atomic E-state index is 13.6. The van der Waals surface area contributed by atoms with Crippen molar-refractivity contribution in [3.63, 3.8) is 0 Å². The summed E-state index contributed by atoms with van der Waals surface area (Å²) < 4.78 is 95.1. The first-order chi connectivity index (χ1) is 67.7. The number of nitrogens with one attached hydrogen (secondary N) is 4. The van der Waals surface area contributed by atoms with E-state index in [4.69, 9.17) is 75.8 Å². The molecule has 8 fully saturated rings. The van der Waals surface area contributed by atoms with Gasteiger partial charge in [-0.15, -0.1) is 0 Å². The Kier molecular flexibility index (Phi) is 55.4. The number of allylic oxidation sites excluding steroid dienone is 1. The lowest BCUT2D eigenvalue weighted by Gasteiger charge is -2.51. The van der Waals surface area contributed by atoms with Gasteiger partial charge in [-0.05, 0) is 19.3 Å². The highest BCUT2D eigenvalue weighted by Gasteiger charge is 2.61. The van der Waals surface area contributed by atoms with Gasteiger partial charge in [0, 0.05) is 27.2 Å². The van der Waals surface area contributed by atoms with Crippen LogP contribution in [0, 0.1) is 0 Å². The quantitative estimate of drug-likeness (QED) is 0.0200. The first-order valence-corrected chi connectivity index (χ1v) is 51.0. The number of aliphatic hydroxyl groups is 23. The van der Waals surface area contributed by atoms with E-state index in [1.165, 1.54) is 135 Å². The van der Waals surface area contributed by atoms with Gasteiger partial charge in [-0.1, -0.05) is 206 Å². The topological polar surface area (TPSA) is 729 Å². The standard InChI is InChI=1S/C94H168N4O43/c1-6-8-10-12-14-16-18-20-21-22-23-24-25-27-29-31-33-35-37-39-62(111)98-52(53(110)38-36-34-32-30-28-26-19-17-15-13-11-9-7-2)48-126-90-76(122)74(120)83(61(47-106)134-90)138-94-79(125)86(69(115)57(43-102)130-94)141-89-65(97-51(5)109)72(118)82(60(46-105)133-89)137-93-78(124)85(68(114)56(42-101)129-93)140-88-64(96-50(4)108)71(117)81(59(45-104)132-88)136-92-77(123)84(67(113)55(41-100)128-92)139-87-63(95-49(3)107)70(116)80(58(44-103)131-87)135-91-75(121)73(119)66(112)54(40-99)127-91/h36,38,52-61,63-94,99-106,110,112-125H,6-35,37,39-48H2,1-5H3,(H,95,107)(H,96,108)(H,97,109)(H,98,111)/b38-36+/t52-,53+,54?,55?,56?,57?,58?,59?,60?,61?,63?,64?,65?,66-,67-,68-,69-,70+,71+,72+,73-,74+,75?,76?,77?,78?,79?,80+,81+,82+,83+,84-,85-,86-,87-,88-,89-,90+,91-,92-,93-,94-/m0/s1. The van der Waals surface area contributed by atoms with E-state index in [9.17, 15) is 137 Å². The smallest absolute Gasteiger partial charge is 0.220 e. The summed E-state index contributed by atoms with van der Waals surface area (Å²) in [4.78, 5) is 52.6. The minimum atomic E-state index is -2.35. The minimum Gasteiger partial charge on any atom is -0.394 e. The van der Waals surface area contributed by atoms with Crippen LogP contribution in [0.4, 0.5) is 0 Å². The van der Waals surface area contributed by atoms with E-state index in [1.807, 2.05) is 6.08 Å². The third kappa shape index (κ3) is 35.9. The summed E-state index contributed by atoms with van der Waals surface area (Å²) in [5.41, 5.74) is 0. The van der Waals surface area contributed by atoms with Crippen molar-refractivity contribution in [2.45, 2.75) is 498 Å². The molecule has 8 aliphatic heterocycles. The molecule has 8 saturated heterocycles. The Hall–Kier alpha value is -3.94. The van der Waals surface area contributed by atoms with E-state index >= 15 is 0 Å². The average molecular weight is 2040 g/mol. The van der Waals surface area contributed by atoms with Crippen molar-refractivity contribution >= 4 is 23.6 Å². The molecule has 0 aromatic heterocycles. The molecule has 0 radical (unpaired) electrons. The van der Waals surface area contributed by atoms with E-state index in [2.05, 4.69) is 35.1 Å². The number of ether oxygens (including phenoxy) is 16. The van der Waals surface area contributed by atoms with Crippen molar-refractivity contribution in [3.8, 4) is 0 Å². The summed E-state index contributed by atoms with van der Waals surface area (Å²) >= 11 is 0. The maximum Gasteiger partial charge on any atom is 0.220 e. The number of unbranched alkanes of at least 4 members (excludes halogenated alkanes) is 29. The zero-order valence-electron chi connectivity index (χ0n) is 81.8. The van der Waals surface area contributed by atoms with Gasteiger partial charge in [-0.25, -0.2) is 0 Å². The van der Waals surface area contributed by atoms with Gasteiger partial charge in [0.2, 0.25) is 23.6 Å². The monoisotopic (exact) mass is 2040 g/mol. The maximum atomic E-state index is 13.6. The second-order valence-electron chi connectivity index (χ2n) is 38.4. The van der Waals surface area contributed by atoms with Crippen LogP contribution >= 0.6 is 0 Å². The van der Waals surface area contributed by atoms with Crippen molar-refractivity contribution in [2.75, 3.05) is 59.5 Å². The van der Waals surface area contributed by atoms with Crippen LogP contribution in [-0.2, 0) is 95.0 Å². The van der Waals surface area contributed by atoms with Crippen molar-refractivity contribution in [1.82, 2.24) is 21.3 Å². The summed E-state index contributed by atoms with van der Waals surface area (Å²) in [5, 5.41) is 270. The number of aliphatic hydroxyl groups excluding tert-OH is 23. The third-order valence-corrected chi connectivity index (χ3v) is 27.4. The van der Waals surface area contributed by atoms with E-state index < -0.39 is 335 Å². The minimum absolute atomic E-state index is 0.154. The Morgan fingerprint density at radius 3 is 0.823 bits per heavy atom. The molecule has 8 rings (SSSR count). The molecular formula is C94H168N4O43. The second-order valence-corrected chi connectivity index (χ2v) is 38.4. The van der Waals surface area contributed by atoms with Gasteiger partial charge >= 0.3 is 0 Å². The van der Waals surface area contributed by atoms with Crippen LogP contribution in [0.1, 0.15) is 240 Å². The highest BCUT2D eigenvalue weighted by Crippen LogP contribution is 2.41. The third-order valence-electron chi connectivity index (χ3n) is 27.4. The molecule has 0 bridgehead atoms. The molecule has 141 heavy (non-hydrogen) atoms. The van der Waals surface area contributed by atoms with Crippen LogP contribution < -0.4 is 21.3 Å². The molecule has 822 valence electrons. The number of hydrogen-bond donors (Lipinski definition) is 27. The highest BCUT2D eigenvalue weighted by atomic mass is 16.8. The lowest BCUT2D eigenvalue weighted by molar-refractivity contribution is -0.389. The predicted octanol–water partition coefficient (Wildman–Crippen LogP) is -5.07. The van der Waals surface area contributed by atoms with Crippen LogP contribution in [0.3, 0.4) is 0 Å². The first-order valence-electron chi connectivity index (χ1n) is 51.0. The zero-order chi connectivity index (χ0) is 103. The van der Waals surface area contributed by atoms with E-state index in [0.29, 0.717) is 12.8 Å². The second kappa shape index (κ2) is 63.9. The number of carbonyl (C=O) groups excluding carboxylic acids is 4. The Morgan fingerprint density at radius 1 is 0.277 bits per heavy atom. The molecule has 0 aliphatic carbocycles. The van der Waals surface area contributed by atoms with Gasteiger partial charge in [-0.3, -0.25) is 19.2 Å². The molecule has 0 spiro atoms. The van der Waals surface area contributed by atoms with Gasteiger partial charge in [-0.2, -0.15) is 0 Å². The molecule has 0 aromatic carbocycles. The normalized spacial score (nSPS) is 38.6. The van der Waals surface area contributed by atoms with Crippen LogP contribution in [-0.4, -0.2) is 458 Å². The van der Waals surface area contributed by atoms with Gasteiger partial charge in [0.25, 0.3) is 0 Å². The Bertz CT molecular complexity index is 3480. The number of rotatable bonds is 63. The van der Waals surface area contributed by atoms with Crippen LogP contribution in [0.2, 0.25) is 0 Å². The Balaban J connectivity index is 0.892. The van der Waals surface area contributed by atoms with Crippen molar-refractivity contribution in [3.05, 3.63) is 12.2 Å². The molecule has 16 unspecified atom stereocenters. The van der Waals surface area contributed by atoms with Crippen LogP contribution in [0.15, 0.2) is 12.2 Å². The number of amides is 4. The van der Waals surface area contributed by atoms with E-state index in [0.717, 1.165) is 72.1 Å². The van der Waals surface area contributed by atoms with Gasteiger partial charge in [0.05, 0.1) is 71.6 Å². The summed E-state index contributed by atoms with van der Waals surface area (Å²) in [5.74, 6) is -3.08. The molecule has 8 heterocycles. The van der Waals surface area contributed by atoms with Crippen molar-refractivity contribution < 1.29 is 212 Å². The van der Waals surface area contributed by atoms with Gasteiger partial charge in [0.1, 0.15) is 195 Å². The highest BCUT2D eigenvalue weighted by molar-refractivity contribution is 5.76. The van der Waals surface area contributed by atoms with Gasteiger partial charge < -0.3 is 215 Å². The van der Waals surface area contributed by atoms with Crippen molar-refractivity contribution in [2.24, 2.45) is 0 Å². The molecule has 47 heteroatoms. The molecule has 0 saturated carbocycles. The largest absolute Gasteiger partial charge is 0.394 e. The molecular weight excluding hydrogens is 1870 g/mol. The summed E-state index contributed by atoms with van der Waals surface area (Å²) in [6.07, 6.45) is -35.8. The fourth-order valence-corrected chi connectivity index (χ4v) is 19.2. The van der Waals surface area contributed by atoms with Crippen molar-refractivity contribution in [1.29, 1.82) is 0 Å². The van der Waals surface area contributed by atoms with Crippen LogP contribution in [0.5, 0.6) is 0 Å².